The number of ether oxygens (including phenoxy) is 5. The molecule has 2 aliphatic rings. The fourth-order valence-electron chi connectivity index (χ4n) is 4.31. The number of halogens is 6. The summed E-state index contributed by atoms with van der Waals surface area (Å²) < 4.78 is 92.5. The highest BCUT2D eigenvalue weighted by Gasteiger charge is 2.43. The normalized spacial score (nSPS) is 22.3. The number of carboxylic acid groups (broad SMARTS) is 2. The van der Waals surface area contributed by atoms with E-state index in [0.717, 1.165) is 52.1 Å². The standard InChI is InChI=1S/C23H44N2O6.2C2HF3O2/c1-3-4-5-6-7-8-9-10-19-23(31-21(26)17-24)22(27-2)20(18-30-19)29-16-13-25-11-14-28-15-12-25;2*3-2(4,5)1(6)7/h19-20,22-23H,3-18,24H2,1-2H3;2*(H,6,7)/t19-,20+,22-,23+;;/m0../s1. The third-order valence-corrected chi connectivity index (χ3v) is 6.66. The first kappa shape index (κ1) is 42.8. The number of esters is 1. The van der Waals surface area contributed by atoms with Crippen molar-refractivity contribution in [1.29, 1.82) is 0 Å². The summed E-state index contributed by atoms with van der Waals surface area (Å²) in [5.41, 5.74) is 5.50. The largest absolute Gasteiger partial charge is 0.490 e. The van der Waals surface area contributed by atoms with Crippen LogP contribution in [-0.4, -0.2) is 130 Å². The van der Waals surface area contributed by atoms with Crippen LogP contribution in [0.25, 0.3) is 0 Å². The third-order valence-electron chi connectivity index (χ3n) is 6.66. The molecule has 0 aromatic rings. The first-order valence-corrected chi connectivity index (χ1v) is 14.6. The topological polar surface area (TPSA) is 167 Å². The van der Waals surface area contributed by atoms with Crippen molar-refractivity contribution in [2.45, 2.75) is 95.1 Å². The second kappa shape index (κ2) is 23.1. The maximum Gasteiger partial charge on any atom is 0.490 e. The molecule has 2 rings (SSSR count). The van der Waals surface area contributed by atoms with Gasteiger partial charge in [0.25, 0.3) is 0 Å². The van der Waals surface area contributed by atoms with E-state index >= 15 is 0 Å². The maximum atomic E-state index is 12.0. The Balaban J connectivity index is 0.00000114. The molecule has 2 heterocycles. The van der Waals surface area contributed by atoms with Gasteiger partial charge in [0.1, 0.15) is 12.2 Å². The van der Waals surface area contributed by atoms with E-state index < -0.39 is 36.4 Å². The first-order chi connectivity index (χ1) is 21.1. The summed E-state index contributed by atoms with van der Waals surface area (Å²) in [6.45, 7) is 7.33. The lowest BCUT2D eigenvalue weighted by Crippen LogP contribution is -2.57. The van der Waals surface area contributed by atoms with Crippen molar-refractivity contribution in [3.63, 3.8) is 0 Å². The van der Waals surface area contributed by atoms with Crippen LogP contribution in [0.15, 0.2) is 0 Å². The molecule has 45 heavy (non-hydrogen) atoms. The third kappa shape index (κ3) is 19.8. The molecule has 266 valence electrons. The lowest BCUT2D eigenvalue weighted by atomic mass is 9.95. The number of aliphatic carboxylic acids is 2. The van der Waals surface area contributed by atoms with Crippen LogP contribution in [-0.2, 0) is 38.1 Å². The number of carbonyl (C=O) groups is 3. The molecule has 0 bridgehead atoms. The average Bonchev–Trinajstić information content (AvgIpc) is 2.97. The van der Waals surface area contributed by atoms with E-state index in [-0.39, 0.29) is 24.9 Å². The Morgan fingerprint density at radius 2 is 1.40 bits per heavy atom. The van der Waals surface area contributed by atoms with Gasteiger partial charge in [-0.2, -0.15) is 26.3 Å². The molecule has 4 atom stereocenters. The predicted octanol–water partition coefficient (Wildman–Crippen LogP) is 3.40. The van der Waals surface area contributed by atoms with E-state index in [9.17, 15) is 31.1 Å². The van der Waals surface area contributed by atoms with Crippen molar-refractivity contribution in [1.82, 2.24) is 4.90 Å². The lowest BCUT2D eigenvalue weighted by Gasteiger charge is -2.41. The van der Waals surface area contributed by atoms with Gasteiger partial charge in [-0.25, -0.2) is 9.59 Å². The second-order valence-electron chi connectivity index (χ2n) is 10.1. The minimum atomic E-state index is -5.08. The Labute approximate surface area is 258 Å². The number of alkyl halides is 6. The molecule has 4 N–H and O–H groups in total. The summed E-state index contributed by atoms with van der Waals surface area (Å²) >= 11 is 0. The second-order valence-corrected chi connectivity index (χ2v) is 10.1. The molecule has 0 radical (unpaired) electrons. The number of rotatable bonds is 15. The van der Waals surface area contributed by atoms with E-state index in [0.29, 0.717) is 13.2 Å². The first-order valence-electron chi connectivity index (χ1n) is 14.6. The number of nitrogens with two attached hydrogens (primary N) is 1. The van der Waals surface area contributed by atoms with E-state index in [1.807, 2.05) is 0 Å². The quantitative estimate of drug-likeness (QED) is 0.132. The molecule has 0 aromatic heterocycles. The molecule has 2 fully saturated rings. The Hall–Kier alpha value is -2.25. The van der Waals surface area contributed by atoms with Crippen molar-refractivity contribution in [2.24, 2.45) is 5.73 Å². The van der Waals surface area contributed by atoms with Gasteiger partial charge < -0.3 is 39.6 Å². The molecule has 0 spiro atoms. The Kier molecular flexibility index (Phi) is 22.0. The average molecular weight is 673 g/mol. The molecule has 0 saturated carbocycles. The van der Waals surface area contributed by atoms with Gasteiger partial charge in [-0.05, 0) is 6.42 Å². The molecule has 0 aliphatic carbocycles. The SMILES string of the molecule is CCCCCCCCC[C@@H]1OC[C@@H](OCCN2CCOCC2)[C@H](OC)[C@@H]1OC(=O)CN.O=C(O)C(F)(F)F.O=C(O)C(F)(F)F. The van der Waals surface area contributed by atoms with Gasteiger partial charge in [0, 0.05) is 26.7 Å². The lowest BCUT2D eigenvalue weighted by molar-refractivity contribution is -0.224. The van der Waals surface area contributed by atoms with Crippen molar-refractivity contribution in [3.8, 4) is 0 Å². The van der Waals surface area contributed by atoms with E-state index in [1.165, 1.54) is 32.1 Å². The van der Waals surface area contributed by atoms with Gasteiger partial charge in [-0.3, -0.25) is 9.69 Å². The number of unbranched alkanes of at least 4 members (excludes halogenated alkanes) is 6. The highest BCUT2D eigenvalue weighted by atomic mass is 19.4. The predicted molar refractivity (Wildman–Crippen MR) is 146 cm³/mol. The van der Waals surface area contributed by atoms with Gasteiger partial charge in [-0.15, -0.1) is 0 Å². The highest BCUT2D eigenvalue weighted by Crippen LogP contribution is 2.27. The van der Waals surface area contributed by atoms with Crippen LogP contribution in [0.4, 0.5) is 26.3 Å². The Bertz CT molecular complexity index is 805. The molecular weight excluding hydrogens is 626 g/mol. The molecule has 0 aromatic carbocycles. The van der Waals surface area contributed by atoms with Gasteiger partial charge in [-0.1, -0.05) is 51.9 Å². The number of methoxy groups -OCH3 is 1. The number of morpholine rings is 1. The molecule has 0 unspecified atom stereocenters. The summed E-state index contributed by atoms with van der Waals surface area (Å²) in [4.78, 5) is 32.1. The minimum Gasteiger partial charge on any atom is -0.475 e. The summed E-state index contributed by atoms with van der Waals surface area (Å²) in [6.07, 6.45) is -2.02. The summed E-state index contributed by atoms with van der Waals surface area (Å²) in [6, 6.07) is 0. The Morgan fingerprint density at radius 3 is 1.87 bits per heavy atom. The van der Waals surface area contributed by atoms with Gasteiger partial charge in [0.15, 0.2) is 6.10 Å². The minimum absolute atomic E-state index is 0.153. The fraction of sp³-hybridized carbons (Fsp3) is 0.889. The molecule has 18 heteroatoms. The summed E-state index contributed by atoms with van der Waals surface area (Å²) in [5, 5.41) is 14.2. The molecule has 2 saturated heterocycles. The maximum absolute atomic E-state index is 12.0. The van der Waals surface area contributed by atoms with Crippen LogP contribution < -0.4 is 5.73 Å². The van der Waals surface area contributed by atoms with Crippen molar-refractivity contribution in [3.05, 3.63) is 0 Å². The zero-order chi connectivity index (χ0) is 34.5. The summed E-state index contributed by atoms with van der Waals surface area (Å²) in [7, 11) is 1.64. The van der Waals surface area contributed by atoms with E-state index in [2.05, 4.69) is 11.8 Å². The van der Waals surface area contributed by atoms with Crippen LogP contribution in [0.2, 0.25) is 0 Å². The molecule has 0 amide bonds. The highest BCUT2D eigenvalue weighted by molar-refractivity contribution is 5.73. The monoisotopic (exact) mass is 672 g/mol. The van der Waals surface area contributed by atoms with Gasteiger partial charge in [0.05, 0.1) is 39.1 Å². The molecule has 12 nitrogen and oxygen atoms in total. The van der Waals surface area contributed by atoms with Crippen LogP contribution >= 0.6 is 0 Å². The smallest absolute Gasteiger partial charge is 0.475 e. The zero-order valence-electron chi connectivity index (χ0n) is 25.6. The number of nitrogens with zero attached hydrogens (tertiary/aromatic N) is 1. The number of hydrogen-bond acceptors (Lipinski definition) is 10. The molecule has 2 aliphatic heterocycles. The fourth-order valence-corrected chi connectivity index (χ4v) is 4.31. The van der Waals surface area contributed by atoms with Crippen molar-refractivity contribution in [2.75, 3.05) is 59.7 Å². The number of hydrogen-bond donors (Lipinski definition) is 3. The van der Waals surface area contributed by atoms with E-state index in [1.54, 1.807) is 7.11 Å². The number of carboxylic acids is 2. The van der Waals surface area contributed by atoms with Crippen LogP contribution in [0.3, 0.4) is 0 Å². The van der Waals surface area contributed by atoms with Crippen LogP contribution in [0.1, 0.15) is 58.3 Å². The molecular formula is C27H46F6N2O10. The van der Waals surface area contributed by atoms with Crippen LogP contribution in [0.5, 0.6) is 0 Å². The van der Waals surface area contributed by atoms with Gasteiger partial charge in [0.2, 0.25) is 0 Å². The summed E-state index contributed by atoms with van der Waals surface area (Å²) in [5.74, 6) is -5.95. The van der Waals surface area contributed by atoms with Crippen molar-refractivity contribution < 1.29 is 74.6 Å². The zero-order valence-corrected chi connectivity index (χ0v) is 25.6. The van der Waals surface area contributed by atoms with Crippen molar-refractivity contribution >= 4 is 17.9 Å². The Morgan fingerprint density at radius 1 is 0.889 bits per heavy atom. The van der Waals surface area contributed by atoms with Gasteiger partial charge >= 0.3 is 30.3 Å². The van der Waals surface area contributed by atoms with Crippen LogP contribution in [0, 0.1) is 0 Å². The number of carbonyl (C=O) groups excluding carboxylic acids is 1. The van der Waals surface area contributed by atoms with E-state index in [4.69, 9.17) is 49.2 Å².